The van der Waals surface area contributed by atoms with Gasteiger partial charge in [-0.2, -0.15) is 0 Å². The molecule has 1 rings (SSSR count). The van der Waals surface area contributed by atoms with Crippen molar-refractivity contribution in [1.82, 2.24) is 9.88 Å². The molecule has 0 bridgehead atoms. The van der Waals surface area contributed by atoms with Gasteiger partial charge in [-0.05, 0) is 11.6 Å². The van der Waals surface area contributed by atoms with Gasteiger partial charge in [0, 0.05) is 25.3 Å². The zero-order valence-electron chi connectivity index (χ0n) is 9.28. The first-order valence-corrected chi connectivity index (χ1v) is 5.39. The predicted octanol–water partition coefficient (Wildman–Crippen LogP) is 1.33. The number of nitrogens with two attached hydrogens (primary N) is 1. The maximum atomic E-state index is 10.3. The molecule has 0 amide bonds. The van der Waals surface area contributed by atoms with Gasteiger partial charge in [-0.15, -0.1) is 11.6 Å². The number of hydrogen-bond donors (Lipinski definition) is 1. The number of halogens is 1. The Kier molecular flexibility index (Phi) is 4.71. The Morgan fingerprint density at radius 3 is 3.00 bits per heavy atom. The van der Waals surface area contributed by atoms with Gasteiger partial charge in [0.25, 0.3) is 6.20 Å². The number of rotatable bonds is 5. The van der Waals surface area contributed by atoms with Crippen LogP contribution in [-0.2, 0) is 0 Å². The Bertz CT molecular complexity index is 410. The number of nitro groups is 1. The molecule has 0 aliphatic rings. The van der Waals surface area contributed by atoms with Gasteiger partial charge in [0.2, 0.25) is 0 Å². The van der Waals surface area contributed by atoms with Crippen LogP contribution < -0.4 is 5.73 Å². The monoisotopic (exact) mass is 256 g/mol. The van der Waals surface area contributed by atoms with Crippen LogP contribution in [-0.4, -0.2) is 27.7 Å². The molecule has 0 saturated heterocycles. The average molecular weight is 257 g/mol. The minimum atomic E-state index is -0.597. The third-order valence-electron chi connectivity index (χ3n) is 2.33. The molecule has 92 valence electrons. The molecule has 0 aliphatic carbocycles. The van der Waals surface area contributed by atoms with Crippen molar-refractivity contribution in [3.8, 4) is 0 Å². The van der Waals surface area contributed by atoms with Gasteiger partial charge in [-0.25, -0.2) is 0 Å². The molecule has 0 aliphatic heterocycles. The van der Waals surface area contributed by atoms with Crippen LogP contribution in [0, 0.1) is 10.1 Å². The summed E-state index contributed by atoms with van der Waals surface area (Å²) in [6.07, 6.45) is 4.05. The molecule has 7 heteroatoms. The first-order chi connectivity index (χ1) is 8.06. The Morgan fingerprint density at radius 1 is 1.82 bits per heavy atom. The van der Waals surface area contributed by atoms with Crippen molar-refractivity contribution in [2.45, 2.75) is 6.04 Å². The molecular formula is C10H13ClN4O2. The maximum Gasteiger partial charge on any atom is 0.274 e. The van der Waals surface area contributed by atoms with Gasteiger partial charge in [-0.3, -0.25) is 15.1 Å². The molecule has 0 saturated carbocycles. The van der Waals surface area contributed by atoms with Gasteiger partial charge in [-0.1, -0.05) is 6.07 Å². The van der Waals surface area contributed by atoms with E-state index in [0.717, 1.165) is 11.8 Å². The number of pyridine rings is 1. The van der Waals surface area contributed by atoms with Crippen molar-refractivity contribution in [3.63, 3.8) is 0 Å². The molecular weight excluding hydrogens is 244 g/mol. The summed E-state index contributed by atoms with van der Waals surface area (Å²) in [6.45, 7) is 0. The third-order valence-corrected chi connectivity index (χ3v) is 2.62. The molecule has 1 atom stereocenters. The van der Waals surface area contributed by atoms with E-state index in [0.29, 0.717) is 0 Å². The molecule has 0 spiro atoms. The van der Waals surface area contributed by atoms with Crippen LogP contribution in [0.15, 0.2) is 36.5 Å². The summed E-state index contributed by atoms with van der Waals surface area (Å²) >= 11 is 5.86. The van der Waals surface area contributed by atoms with Crippen molar-refractivity contribution in [3.05, 3.63) is 52.2 Å². The van der Waals surface area contributed by atoms with Crippen LogP contribution in [0.1, 0.15) is 11.6 Å². The van der Waals surface area contributed by atoms with E-state index in [1.165, 1.54) is 0 Å². The van der Waals surface area contributed by atoms with Crippen molar-refractivity contribution in [1.29, 1.82) is 0 Å². The Morgan fingerprint density at radius 2 is 2.53 bits per heavy atom. The standard InChI is InChI=1S/C10H13ClN4O2/c1-14(10(12)7-15(16)17)9(5-11)8-3-2-4-13-6-8/h2-4,6-7,9H,5,12H2,1H3. The maximum absolute atomic E-state index is 10.3. The SMILES string of the molecule is CN(C(N)=C[N+](=O)[O-])C(CCl)c1cccnc1. The van der Waals surface area contributed by atoms with Crippen LogP contribution >= 0.6 is 11.6 Å². The molecule has 1 heterocycles. The predicted molar refractivity (Wildman–Crippen MR) is 64.7 cm³/mol. The van der Waals surface area contributed by atoms with Crippen molar-refractivity contribution >= 4 is 11.6 Å². The molecule has 0 fully saturated rings. The number of nitrogens with zero attached hydrogens (tertiary/aromatic N) is 3. The van der Waals surface area contributed by atoms with Crippen LogP contribution in [0.2, 0.25) is 0 Å². The summed E-state index contributed by atoms with van der Waals surface area (Å²) < 4.78 is 0. The lowest BCUT2D eigenvalue weighted by Crippen LogP contribution is -2.30. The number of hydrogen-bond acceptors (Lipinski definition) is 5. The molecule has 1 aromatic heterocycles. The number of alkyl halides is 1. The van der Waals surface area contributed by atoms with Crippen molar-refractivity contribution in [2.75, 3.05) is 12.9 Å². The summed E-state index contributed by atoms with van der Waals surface area (Å²) in [6, 6.07) is 3.37. The van der Waals surface area contributed by atoms with E-state index in [-0.39, 0.29) is 17.7 Å². The fourth-order valence-corrected chi connectivity index (χ4v) is 1.75. The second-order valence-corrected chi connectivity index (χ2v) is 3.72. The topological polar surface area (TPSA) is 85.3 Å². The lowest BCUT2D eigenvalue weighted by atomic mass is 10.1. The normalized spacial score (nSPS) is 13.2. The van der Waals surface area contributed by atoms with E-state index >= 15 is 0 Å². The van der Waals surface area contributed by atoms with E-state index in [4.69, 9.17) is 17.3 Å². The third kappa shape index (κ3) is 3.60. The highest BCUT2D eigenvalue weighted by Crippen LogP contribution is 2.21. The summed E-state index contributed by atoms with van der Waals surface area (Å²) in [4.78, 5) is 15.3. The molecule has 1 aromatic rings. The summed E-state index contributed by atoms with van der Waals surface area (Å²) in [5.74, 6) is 0.304. The molecule has 17 heavy (non-hydrogen) atoms. The quantitative estimate of drug-likeness (QED) is 0.488. The lowest BCUT2D eigenvalue weighted by molar-refractivity contribution is -0.404. The molecule has 6 nitrogen and oxygen atoms in total. The highest BCUT2D eigenvalue weighted by Gasteiger charge is 2.18. The van der Waals surface area contributed by atoms with Crippen molar-refractivity contribution in [2.24, 2.45) is 5.73 Å². The van der Waals surface area contributed by atoms with E-state index in [1.54, 1.807) is 30.4 Å². The highest BCUT2D eigenvalue weighted by molar-refractivity contribution is 6.18. The van der Waals surface area contributed by atoms with Gasteiger partial charge >= 0.3 is 0 Å². The van der Waals surface area contributed by atoms with Crippen LogP contribution in [0.3, 0.4) is 0 Å². The molecule has 2 N–H and O–H groups in total. The minimum Gasteiger partial charge on any atom is -0.380 e. The van der Waals surface area contributed by atoms with E-state index in [1.807, 2.05) is 6.07 Å². The summed E-state index contributed by atoms with van der Waals surface area (Å²) in [5.41, 5.74) is 6.45. The Labute approximate surface area is 104 Å². The van der Waals surface area contributed by atoms with E-state index in [2.05, 4.69) is 4.98 Å². The van der Waals surface area contributed by atoms with E-state index in [9.17, 15) is 10.1 Å². The second-order valence-electron chi connectivity index (χ2n) is 3.41. The number of aromatic nitrogens is 1. The fourth-order valence-electron chi connectivity index (χ4n) is 1.37. The van der Waals surface area contributed by atoms with Gasteiger partial charge < -0.3 is 10.6 Å². The van der Waals surface area contributed by atoms with Gasteiger partial charge in [0.1, 0.15) is 0 Å². The molecule has 0 radical (unpaired) electrons. The largest absolute Gasteiger partial charge is 0.380 e. The van der Waals surface area contributed by atoms with Crippen LogP contribution in [0.25, 0.3) is 0 Å². The van der Waals surface area contributed by atoms with Gasteiger partial charge in [0.15, 0.2) is 5.82 Å². The summed E-state index contributed by atoms with van der Waals surface area (Å²) in [7, 11) is 1.65. The smallest absolute Gasteiger partial charge is 0.274 e. The fraction of sp³-hybridized carbons (Fsp3) is 0.300. The summed E-state index contributed by atoms with van der Waals surface area (Å²) in [5, 5.41) is 10.3. The van der Waals surface area contributed by atoms with Crippen LogP contribution in [0.5, 0.6) is 0 Å². The van der Waals surface area contributed by atoms with Crippen LogP contribution in [0.4, 0.5) is 0 Å². The second kappa shape index (κ2) is 6.05. The highest BCUT2D eigenvalue weighted by atomic mass is 35.5. The molecule has 0 aromatic carbocycles. The zero-order chi connectivity index (χ0) is 12.8. The minimum absolute atomic E-state index is 0.0458. The average Bonchev–Trinajstić information content (AvgIpc) is 2.30. The first kappa shape index (κ1) is 13.2. The van der Waals surface area contributed by atoms with Crippen molar-refractivity contribution < 1.29 is 4.92 Å². The first-order valence-electron chi connectivity index (χ1n) is 4.85. The van der Waals surface area contributed by atoms with E-state index < -0.39 is 4.92 Å². The zero-order valence-corrected chi connectivity index (χ0v) is 10.0. The molecule has 1 unspecified atom stereocenters. The lowest BCUT2D eigenvalue weighted by Gasteiger charge is -2.27. The Hall–Kier alpha value is -1.82. The Balaban J connectivity index is 2.92. The van der Waals surface area contributed by atoms with Gasteiger partial charge in [0.05, 0.1) is 11.0 Å².